The van der Waals surface area contributed by atoms with Crippen molar-refractivity contribution >= 4 is 11.6 Å². The average Bonchev–Trinajstić information content (AvgIpc) is 2.81. The van der Waals surface area contributed by atoms with Gasteiger partial charge in [0.25, 0.3) is 0 Å². The summed E-state index contributed by atoms with van der Waals surface area (Å²) in [6.07, 6.45) is 3.56. The number of benzene rings is 1. The van der Waals surface area contributed by atoms with Crippen LogP contribution in [0.3, 0.4) is 0 Å². The van der Waals surface area contributed by atoms with Crippen LogP contribution in [0.15, 0.2) is 41.2 Å². The quantitative estimate of drug-likeness (QED) is 0.652. The van der Waals surface area contributed by atoms with Gasteiger partial charge in [0.15, 0.2) is 0 Å². The predicted molar refractivity (Wildman–Crippen MR) is 63.9 cm³/mol. The van der Waals surface area contributed by atoms with E-state index in [0.29, 0.717) is 17.0 Å². The van der Waals surface area contributed by atoms with Gasteiger partial charge in [-0.1, -0.05) is 17.7 Å². The largest absolute Gasteiger partial charge is 0.472 e. The molecule has 1 heterocycles. The molecule has 0 radical (unpaired) electrons. The zero-order chi connectivity index (χ0) is 12.3. The predicted octanol–water partition coefficient (Wildman–Crippen LogP) is 2.82. The molecule has 3 nitrogen and oxygen atoms in total. The first kappa shape index (κ1) is 12.1. The molecule has 0 amide bonds. The molecule has 17 heavy (non-hydrogen) atoms. The summed E-state index contributed by atoms with van der Waals surface area (Å²) in [6.45, 7) is 0. The van der Waals surface area contributed by atoms with E-state index in [4.69, 9.17) is 21.9 Å². The zero-order valence-corrected chi connectivity index (χ0v) is 9.75. The maximum atomic E-state index is 13.6. The molecule has 1 atom stereocenters. The molecule has 2 rings (SSSR count). The molecule has 0 saturated carbocycles. The van der Waals surface area contributed by atoms with Gasteiger partial charge in [0, 0.05) is 10.6 Å². The minimum Gasteiger partial charge on any atom is -0.472 e. The molecule has 0 aliphatic rings. The van der Waals surface area contributed by atoms with Crippen LogP contribution >= 0.6 is 11.6 Å². The van der Waals surface area contributed by atoms with Crippen molar-refractivity contribution in [1.29, 1.82) is 0 Å². The van der Waals surface area contributed by atoms with Crippen LogP contribution in [0.2, 0.25) is 5.02 Å². The summed E-state index contributed by atoms with van der Waals surface area (Å²) in [5.41, 5.74) is 4.07. The standard InChI is InChI=1S/C12H12ClFN2O/c13-10-2-1-8(11(14)6-10)5-12(16-15)9-3-4-17-7-9/h1-4,6-7,12,16H,5,15H2. The molecule has 1 aromatic carbocycles. The van der Waals surface area contributed by atoms with E-state index < -0.39 is 0 Å². The van der Waals surface area contributed by atoms with Crippen LogP contribution in [0.25, 0.3) is 0 Å². The first-order chi connectivity index (χ1) is 8.20. The topological polar surface area (TPSA) is 51.2 Å². The molecule has 1 aromatic heterocycles. The fraction of sp³-hybridized carbons (Fsp3) is 0.167. The average molecular weight is 255 g/mol. The lowest BCUT2D eigenvalue weighted by Gasteiger charge is -2.14. The Bertz CT molecular complexity index is 487. The molecule has 3 N–H and O–H groups in total. The summed E-state index contributed by atoms with van der Waals surface area (Å²) in [7, 11) is 0. The molecular formula is C12H12ClFN2O. The van der Waals surface area contributed by atoms with Crippen molar-refractivity contribution in [1.82, 2.24) is 5.43 Å². The van der Waals surface area contributed by atoms with Crippen molar-refractivity contribution in [2.75, 3.05) is 0 Å². The molecule has 5 heteroatoms. The van der Waals surface area contributed by atoms with Gasteiger partial charge >= 0.3 is 0 Å². The number of furan rings is 1. The van der Waals surface area contributed by atoms with E-state index in [1.54, 1.807) is 30.7 Å². The molecule has 0 spiro atoms. The van der Waals surface area contributed by atoms with Gasteiger partial charge < -0.3 is 4.42 Å². The highest BCUT2D eigenvalue weighted by molar-refractivity contribution is 6.30. The number of hydrogen-bond acceptors (Lipinski definition) is 3. The van der Waals surface area contributed by atoms with E-state index in [9.17, 15) is 4.39 Å². The lowest BCUT2D eigenvalue weighted by Crippen LogP contribution is -2.29. The first-order valence-corrected chi connectivity index (χ1v) is 5.50. The SMILES string of the molecule is NNC(Cc1ccc(Cl)cc1F)c1ccoc1. The van der Waals surface area contributed by atoms with Crippen molar-refractivity contribution in [3.05, 3.63) is 58.8 Å². The van der Waals surface area contributed by atoms with E-state index >= 15 is 0 Å². The summed E-state index contributed by atoms with van der Waals surface area (Å²) in [5.74, 6) is 5.12. The Morgan fingerprint density at radius 3 is 2.82 bits per heavy atom. The van der Waals surface area contributed by atoms with E-state index in [1.165, 1.54) is 6.07 Å². The Labute approximate surface area is 103 Å². The van der Waals surface area contributed by atoms with Crippen molar-refractivity contribution in [2.24, 2.45) is 5.84 Å². The Morgan fingerprint density at radius 2 is 2.24 bits per heavy atom. The maximum absolute atomic E-state index is 13.6. The molecule has 1 unspecified atom stereocenters. The highest BCUT2D eigenvalue weighted by Crippen LogP contribution is 2.22. The Kier molecular flexibility index (Phi) is 3.78. The van der Waals surface area contributed by atoms with Crippen molar-refractivity contribution in [2.45, 2.75) is 12.5 Å². The number of hydrazine groups is 1. The monoisotopic (exact) mass is 254 g/mol. The Balaban J connectivity index is 2.19. The fourth-order valence-corrected chi connectivity index (χ4v) is 1.81. The number of halogens is 2. The smallest absolute Gasteiger partial charge is 0.127 e. The Hall–Kier alpha value is -1.36. The molecule has 0 fully saturated rings. The number of hydrogen-bond donors (Lipinski definition) is 2. The number of rotatable bonds is 4. The second kappa shape index (κ2) is 5.31. The van der Waals surface area contributed by atoms with Crippen LogP contribution in [0.1, 0.15) is 17.2 Å². The summed E-state index contributed by atoms with van der Waals surface area (Å²) in [4.78, 5) is 0. The molecule has 90 valence electrons. The van der Waals surface area contributed by atoms with Crippen LogP contribution in [0, 0.1) is 5.82 Å². The fourth-order valence-electron chi connectivity index (χ4n) is 1.65. The normalized spacial score (nSPS) is 12.6. The van der Waals surface area contributed by atoms with Gasteiger partial charge in [0.05, 0.1) is 18.6 Å². The molecular weight excluding hydrogens is 243 g/mol. The van der Waals surface area contributed by atoms with Crippen LogP contribution in [0.5, 0.6) is 0 Å². The molecule has 2 aromatic rings. The first-order valence-electron chi connectivity index (χ1n) is 5.13. The van der Waals surface area contributed by atoms with Crippen LogP contribution < -0.4 is 11.3 Å². The molecule has 0 saturated heterocycles. The lowest BCUT2D eigenvalue weighted by molar-refractivity contribution is 0.513. The van der Waals surface area contributed by atoms with Gasteiger partial charge in [-0.05, 0) is 30.2 Å². The summed E-state index contributed by atoms with van der Waals surface area (Å²) in [5, 5.41) is 0.381. The van der Waals surface area contributed by atoms with Crippen molar-refractivity contribution < 1.29 is 8.81 Å². The van der Waals surface area contributed by atoms with E-state index in [0.717, 1.165) is 5.56 Å². The van der Waals surface area contributed by atoms with Gasteiger partial charge in [-0.2, -0.15) is 0 Å². The highest BCUT2D eigenvalue weighted by Gasteiger charge is 2.14. The highest BCUT2D eigenvalue weighted by atomic mass is 35.5. The van der Waals surface area contributed by atoms with Gasteiger partial charge in [-0.25, -0.2) is 4.39 Å². The summed E-state index contributed by atoms with van der Waals surface area (Å²) >= 11 is 5.69. The molecule has 0 aliphatic heterocycles. The third-order valence-corrected chi connectivity index (χ3v) is 2.82. The zero-order valence-electron chi connectivity index (χ0n) is 8.99. The third-order valence-electron chi connectivity index (χ3n) is 2.59. The second-order valence-electron chi connectivity index (χ2n) is 3.72. The van der Waals surface area contributed by atoms with Crippen LogP contribution in [-0.2, 0) is 6.42 Å². The van der Waals surface area contributed by atoms with Gasteiger partial charge in [-0.15, -0.1) is 0 Å². The van der Waals surface area contributed by atoms with E-state index in [2.05, 4.69) is 5.43 Å². The van der Waals surface area contributed by atoms with Crippen molar-refractivity contribution in [3.8, 4) is 0 Å². The minimum absolute atomic E-state index is 0.190. The summed E-state index contributed by atoms with van der Waals surface area (Å²) in [6, 6.07) is 6.20. The third kappa shape index (κ3) is 2.85. The van der Waals surface area contributed by atoms with Crippen molar-refractivity contribution in [3.63, 3.8) is 0 Å². The lowest BCUT2D eigenvalue weighted by atomic mass is 10.0. The van der Waals surface area contributed by atoms with Gasteiger partial charge in [0.2, 0.25) is 0 Å². The summed E-state index contributed by atoms with van der Waals surface area (Å²) < 4.78 is 18.6. The minimum atomic E-state index is -0.332. The van der Waals surface area contributed by atoms with Crippen LogP contribution in [-0.4, -0.2) is 0 Å². The second-order valence-corrected chi connectivity index (χ2v) is 4.15. The molecule has 0 bridgehead atoms. The van der Waals surface area contributed by atoms with E-state index in [-0.39, 0.29) is 11.9 Å². The van der Waals surface area contributed by atoms with E-state index in [1.807, 2.05) is 0 Å². The van der Waals surface area contributed by atoms with Crippen LogP contribution in [0.4, 0.5) is 4.39 Å². The Morgan fingerprint density at radius 1 is 1.41 bits per heavy atom. The number of nitrogens with two attached hydrogens (primary N) is 1. The maximum Gasteiger partial charge on any atom is 0.127 e. The van der Waals surface area contributed by atoms with Gasteiger partial charge in [0.1, 0.15) is 5.82 Å². The number of nitrogens with one attached hydrogen (secondary N) is 1. The molecule has 0 aliphatic carbocycles. The van der Waals surface area contributed by atoms with Gasteiger partial charge in [-0.3, -0.25) is 11.3 Å².